The van der Waals surface area contributed by atoms with Crippen LogP contribution in [-0.2, 0) is 14.2 Å². The fraction of sp³-hybridized carbons (Fsp3) is 0.349. The van der Waals surface area contributed by atoms with Gasteiger partial charge in [0.1, 0.15) is 0 Å². The van der Waals surface area contributed by atoms with Crippen LogP contribution >= 0.6 is 0 Å². The van der Waals surface area contributed by atoms with Crippen molar-refractivity contribution in [3.8, 4) is 22.3 Å². The molecule has 0 heterocycles. The maximum absolute atomic E-state index is 4.93. The van der Waals surface area contributed by atoms with E-state index in [0.717, 1.165) is 0 Å². The molecule has 0 fully saturated rings. The fourth-order valence-corrected chi connectivity index (χ4v) is 48.9. The third-order valence-corrected chi connectivity index (χ3v) is 58.5. The summed E-state index contributed by atoms with van der Waals surface area (Å²) in [5.41, 5.74) is 14.2. The number of fused-ring (bicyclic) bond motifs is 2. The van der Waals surface area contributed by atoms with E-state index in [1.165, 1.54) is 61.5 Å². The van der Waals surface area contributed by atoms with Crippen molar-refractivity contribution in [2.24, 2.45) is 0 Å². The summed E-state index contributed by atoms with van der Waals surface area (Å²) in [5.74, 6) is 1.03. The van der Waals surface area contributed by atoms with Crippen molar-refractivity contribution in [1.82, 2.24) is 0 Å². The minimum absolute atomic E-state index is 0.427. The Morgan fingerprint density at radius 3 is 1.44 bits per heavy atom. The second-order valence-corrected chi connectivity index (χ2v) is 100. The molecule has 0 saturated heterocycles. The Hall–Kier alpha value is -2.55. The predicted octanol–water partition coefficient (Wildman–Crippen LogP) is 12.8. The Balaban J connectivity index is 1.54. The molecule has 0 aromatic heterocycles. The Kier molecular flexibility index (Phi) is 7.36. The standard InChI is InChI=1S/2C18H17.C4H9.3CH3.Hf.H2Si/c2*1-13(2)15-8-3-9-16(12-15)18-11-5-7-14-6-4-10-17(14)18;1-3-4-2;;;;;/h2*3-13H,1-2H3;1,3-4H2,2H3;3*1H3;;1H2. The van der Waals surface area contributed by atoms with Crippen LogP contribution in [0, 0.1) is 0 Å². The molecule has 0 radical (unpaired) electrons. The molecule has 4 aromatic rings. The van der Waals surface area contributed by atoms with Crippen LogP contribution in [0.1, 0.15) is 100 Å². The van der Waals surface area contributed by atoms with Gasteiger partial charge >= 0.3 is 271 Å². The van der Waals surface area contributed by atoms with Crippen LogP contribution in [0.15, 0.2) is 97.1 Å². The number of rotatable bonds is 9. The Morgan fingerprint density at radius 2 is 1.04 bits per heavy atom. The second-order valence-electron chi connectivity index (χ2n) is 18.5. The van der Waals surface area contributed by atoms with Crippen LogP contribution in [0.5, 0.6) is 0 Å². The third kappa shape index (κ3) is 5.19. The van der Waals surface area contributed by atoms with E-state index in [9.17, 15) is 0 Å². The van der Waals surface area contributed by atoms with E-state index in [-0.39, 0.29) is 0 Å². The van der Waals surface area contributed by atoms with Gasteiger partial charge in [0, 0.05) is 0 Å². The molecule has 2 atom stereocenters. The molecular weight excluding hydrogens is 723 g/mol. The van der Waals surface area contributed by atoms with Gasteiger partial charge in [-0.3, -0.25) is 0 Å². The van der Waals surface area contributed by atoms with Crippen molar-refractivity contribution in [3.05, 3.63) is 130 Å². The molecule has 2 aliphatic rings. The van der Waals surface area contributed by atoms with E-state index >= 15 is 0 Å². The van der Waals surface area contributed by atoms with Gasteiger partial charge in [-0.15, -0.1) is 0 Å². The first kappa shape index (κ1) is 32.4. The molecular formula is C43H54HfSi. The van der Waals surface area contributed by atoms with Gasteiger partial charge in [-0.05, 0) is 0 Å². The average Bonchev–Trinajstić information content (AvgIpc) is 3.67. The van der Waals surface area contributed by atoms with Crippen LogP contribution in [0.2, 0.25) is 18.2 Å². The summed E-state index contributed by atoms with van der Waals surface area (Å²) < 4.78 is 10.7. The Bertz CT molecular complexity index is 1870. The van der Waals surface area contributed by atoms with Crippen molar-refractivity contribution < 1.29 is 14.2 Å². The van der Waals surface area contributed by atoms with Gasteiger partial charge in [0.05, 0.1) is 0 Å². The molecule has 6 rings (SSSR count). The second kappa shape index (κ2) is 10.2. The minimum atomic E-state index is -4.93. The molecule has 45 heavy (non-hydrogen) atoms. The molecule has 0 N–H and O–H groups in total. The van der Waals surface area contributed by atoms with Gasteiger partial charge in [-0.1, -0.05) is 0 Å². The number of allylic oxidation sites excluding steroid dienone is 2. The zero-order valence-corrected chi connectivity index (χ0v) is 34.0. The van der Waals surface area contributed by atoms with Crippen LogP contribution in [0.25, 0.3) is 34.4 Å². The molecule has 0 aliphatic heterocycles. The van der Waals surface area contributed by atoms with Gasteiger partial charge in [0.2, 0.25) is 0 Å². The summed E-state index contributed by atoms with van der Waals surface area (Å²) in [7, 11) is 0. The van der Waals surface area contributed by atoms with Gasteiger partial charge in [-0.25, -0.2) is 0 Å². The van der Waals surface area contributed by atoms with Crippen molar-refractivity contribution in [2.75, 3.05) is 0 Å². The first-order chi connectivity index (χ1) is 21.1. The van der Waals surface area contributed by atoms with Crippen molar-refractivity contribution in [3.63, 3.8) is 0 Å². The summed E-state index contributed by atoms with van der Waals surface area (Å²) in [6.45, 7) is 14.0. The van der Waals surface area contributed by atoms with E-state index in [4.69, 9.17) is 0 Å². The fourth-order valence-electron chi connectivity index (χ4n) is 9.36. The number of unbranched alkanes of at least 4 members (excludes halogenated alkanes) is 1. The summed E-state index contributed by atoms with van der Waals surface area (Å²) in [5, 5.41) is 0. The van der Waals surface area contributed by atoms with Gasteiger partial charge in [0.25, 0.3) is 0 Å². The van der Waals surface area contributed by atoms with E-state index in [1.54, 1.807) is 11.1 Å². The van der Waals surface area contributed by atoms with Crippen LogP contribution in [0.4, 0.5) is 0 Å². The molecule has 0 nitrogen and oxygen atoms in total. The van der Waals surface area contributed by atoms with E-state index in [2.05, 4.69) is 165 Å². The predicted molar refractivity (Wildman–Crippen MR) is 201 cm³/mol. The molecule has 0 bridgehead atoms. The summed E-state index contributed by atoms with van der Waals surface area (Å²) in [6, 6.07) is 32.8. The first-order valence-electron chi connectivity index (χ1n) is 17.5. The summed E-state index contributed by atoms with van der Waals surface area (Å²) in [4.78, 5) is 0. The number of hydrogen-bond acceptors (Lipinski definition) is 0. The third-order valence-electron chi connectivity index (χ3n) is 12.4. The molecule has 4 aromatic carbocycles. The number of hydrogen-bond donors (Lipinski definition) is 0. The molecule has 2 unspecified atom stereocenters. The van der Waals surface area contributed by atoms with Crippen LogP contribution < -0.4 is 0 Å². The molecule has 0 spiro atoms. The Morgan fingerprint density at radius 1 is 0.622 bits per heavy atom. The van der Waals surface area contributed by atoms with E-state index < -0.39 is 14.2 Å². The van der Waals surface area contributed by atoms with Crippen LogP contribution in [-0.4, -0.2) is 6.94 Å². The first-order valence-corrected chi connectivity index (χ1v) is 43.3. The van der Waals surface area contributed by atoms with Gasteiger partial charge in [-0.2, -0.15) is 0 Å². The quantitative estimate of drug-likeness (QED) is 0.149. The van der Waals surface area contributed by atoms with Gasteiger partial charge in [0.15, 0.2) is 0 Å². The monoisotopic (exact) mass is 778 g/mol. The topological polar surface area (TPSA) is 0 Å². The van der Waals surface area contributed by atoms with Crippen LogP contribution in [0.3, 0.4) is 0 Å². The van der Waals surface area contributed by atoms with Crippen molar-refractivity contribution >= 4 is 19.1 Å². The molecule has 0 saturated carbocycles. The van der Waals surface area contributed by atoms with E-state index in [1.807, 2.05) is 0 Å². The number of benzene rings is 4. The molecule has 2 aliphatic carbocycles. The Labute approximate surface area is 269 Å². The average molecular weight is 777 g/mol. The zero-order valence-electron chi connectivity index (χ0n) is 29.0. The normalized spacial score (nSPS) is 19.6. The molecule has 0 amide bonds. The molecule has 234 valence electrons. The van der Waals surface area contributed by atoms with Crippen molar-refractivity contribution in [2.45, 2.75) is 84.9 Å². The summed E-state index contributed by atoms with van der Waals surface area (Å²) >= 11 is -4.93. The zero-order chi connectivity index (χ0) is 32.3. The SMILES string of the molecule is CCC[CH2][Hf]([CH3])([CH3])([CH3])(=[SiH2])([CH]1C=Cc2c(-c3cccc(C(C)C)c3)cccc21)[CH]1C=Cc2c(-c3cccc(C(C)C)c3)cccc21. The van der Waals surface area contributed by atoms with Gasteiger partial charge < -0.3 is 0 Å². The van der Waals surface area contributed by atoms with Crippen molar-refractivity contribution in [1.29, 1.82) is 0 Å². The maximum atomic E-state index is 2.84. The van der Waals surface area contributed by atoms with E-state index in [0.29, 0.717) is 19.2 Å². The molecule has 2 heteroatoms. The summed E-state index contributed by atoms with van der Waals surface area (Å²) in [6.07, 6.45) is 12.8.